The molecule has 2 heterocycles. The molecule has 1 atom stereocenters. The van der Waals surface area contributed by atoms with Crippen LogP contribution in [0.15, 0.2) is 0 Å². The van der Waals surface area contributed by atoms with E-state index in [1.54, 1.807) is 0 Å². The molecule has 0 amide bonds. The minimum Gasteiger partial charge on any atom is -0.351 e. The van der Waals surface area contributed by atoms with Crippen LogP contribution in [0, 0.1) is 0 Å². The van der Waals surface area contributed by atoms with Crippen LogP contribution in [0.25, 0.3) is 0 Å². The van der Waals surface area contributed by atoms with Crippen LogP contribution in [0.5, 0.6) is 0 Å². The molecule has 6 heteroatoms. The fourth-order valence-electron chi connectivity index (χ4n) is 2.54. The third-order valence-corrected chi connectivity index (χ3v) is 3.99. The highest BCUT2D eigenvalue weighted by Crippen LogP contribution is 2.09. The summed E-state index contributed by atoms with van der Waals surface area (Å²) < 4.78 is 0. The predicted octanol–water partition coefficient (Wildman–Crippen LogP) is 0.654. The van der Waals surface area contributed by atoms with Crippen LogP contribution in [0.1, 0.15) is 25.2 Å². The Hall–Kier alpha value is -1.27. The maximum Gasteiger partial charge on any atom is 0.243 e. The van der Waals surface area contributed by atoms with Gasteiger partial charge < -0.3 is 10.2 Å². The molecule has 1 fully saturated rings. The predicted molar refractivity (Wildman–Crippen MR) is 81.0 cm³/mol. The summed E-state index contributed by atoms with van der Waals surface area (Å²) in [6, 6.07) is 0.494. The van der Waals surface area contributed by atoms with Crippen molar-refractivity contribution in [1.82, 2.24) is 25.0 Å². The number of aryl methyl sites for hydroxylation is 2. The number of hydrogen-bond donors (Lipinski definition) is 1. The number of rotatable bonds is 5. The topological polar surface area (TPSA) is 57.2 Å². The van der Waals surface area contributed by atoms with Crippen LogP contribution in [0.3, 0.4) is 0 Å². The molecule has 0 radical (unpaired) electrons. The second kappa shape index (κ2) is 6.95. The standard InChI is InChI=1S/C14H26N6/c1-5-12-13(6-2)17-18-14(16-12)15-9-11-10-19(3)7-8-20(11)4/h11H,5-10H2,1-4H3,(H,15,16,18). The molecule has 6 nitrogen and oxygen atoms in total. The first-order valence-electron chi connectivity index (χ1n) is 7.49. The fraction of sp³-hybridized carbons (Fsp3) is 0.786. The smallest absolute Gasteiger partial charge is 0.243 e. The van der Waals surface area contributed by atoms with Gasteiger partial charge in [0.15, 0.2) is 0 Å². The Morgan fingerprint density at radius 2 is 1.85 bits per heavy atom. The number of anilines is 1. The van der Waals surface area contributed by atoms with Gasteiger partial charge in [-0.1, -0.05) is 13.8 Å². The van der Waals surface area contributed by atoms with Gasteiger partial charge in [-0.2, -0.15) is 5.10 Å². The maximum atomic E-state index is 4.57. The van der Waals surface area contributed by atoms with Crippen molar-refractivity contribution in [3.63, 3.8) is 0 Å². The van der Waals surface area contributed by atoms with E-state index in [1.165, 1.54) is 0 Å². The lowest BCUT2D eigenvalue weighted by Crippen LogP contribution is -2.52. The van der Waals surface area contributed by atoms with Crippen molar-refractivity contribution in [3.8, 4) is 0 Å². The van der Waals surface area contributed by atoms with Crippen molar-refractivity contribution < 1.29 is 0 Å². The van der Waals surface area contributed by atoms with Gasteiger partial charge in [0.05, 0.1) is 11.4 Å². The Balaban J connectivity index is 1.96. The Morgan fingerprint density at radius 1 is 1.10 bits per heavy atom. The minimum atomic E-state index is 0.494. The summed E-state index contributed by atoms with van der Waals surface area (Å²) in [5.74, 6) is 0.653. The first-order valence-corrected chi connectivity index (χ1v) is 7.49. The van der Waals surface area contributed by atoms with E-state index >= 15 is 0 Å². The Morgan fingerprint density at radius 3 is 2.55 bits per heavy atom. The molecule has 0 saturated carbocycles. The van der Waals surface area contributed by atoms with Crippen molar-refractivity contribution in [3.05, 3.63) is 11.4 Å². The van der Waals surface area contributed by atoms with Crippen LogP contribution in [0.2, 0.25) is 0 Å². The highest BCUT2D eigenvalue weighted by molar-refractivity contribution is 5.26. The molecule has 2 rings (SSSR count). The average molecular weight is 278 g/mol. The van der Waals surface area contributed by atoms with Gasteiger partial charge in [-0.15, -0.1) is 5.10 Å². The van der Waals surface area contributed by atoms with Crippen molar-refractivity contribution in [2.24, 2.45) is 0 Å². The Kier molecular flexibility index (Phi) is 5.25. The summed E-state index contributed by atoms with van der Waals surface area (Å²) in [5, 5.41) is 11.8. The monoisotopic (exact) mass is 278 g/mol. The lowest BCUT2D eigenvalue weighted by Gasteiger charge is -2.37. The van der Waals surface area contributed by atoms with Gasteiger partial charge in [0.25, 0.3) is 0 Å². The number of hydrogen-bond acceptors (Lipinski definition) is 6. The van der Waals surface area contributed by atoms with Crippen LogP contribution < -0.4 is 5.32 Å². The SMILES string of the molecule is CCc1nnc(NCC2CN(C)CCN2C)nc1CC. The molecule has 112 valence electrons. The van der Waals surface area contributed by atoms with Gasteiger partial charge >= 0.3 is 0 Å². The van der Waals surface area contributed by atoms with E-state index in [2.05, 4.69) is 58.2 Å². The Labute approximate surface area is 121 Å². The summed E-state index contributed by atoms with van der Waals surface area (Å²) >= 11 is 0. The lowest BCUT2D eigenvalue weighted by molar-refractivity contribution is 0.121. The molecule has 1 aromatic heterocycles. The molecule has 1 aromatic rings. The summed E-state index contributed by atoms with van der Waals surface area (Å²) in [6.07, 6.45) is 1.79. The molecule has 0 aromatic carbocycles. The summed E-state index contributed by atoms with van der Waals surface area (Å²) in [7, 11) is 4.35. The van der Waals surface area contributed by atoms with Gasteiger partial charge in [0.2, 0.25) is 5.95 Å². The van der Waals surface area contributed by atoms with Crippen molar-refractivity contribution >= 4 is 5.95 Å². The number of piperazine rings is 1. The fourth-order valence-corrected chi connectivity index (χ4v) is 2.54. The van der Waals surface area contributed by atoms with Crippen LogP contribution in [-0.2, 0) is 12.8 Å². The van der Waals surface area contributed by atoms with E-state index in [9.17, 15) is 0 Å². The number of likely N-dealkylation sites (N-methyl/N-ethyl adjacent to an activating group) is 2. The summed E-state index contributed by atoms with van der Waals surface area (Å²) in [4.78, 5) is 9.33. The zero-order valence-electron chi connectivity index (χ0n) is 13.1. The van der Waals surface area contributed by atoms with E-state index in [4.69, 9.17) is 0 Å². The first-order chi connectivity index (χ1) is 9.63. The van der Waals surface area contributed by atoms with Crippen LogP contribution in [-0.4, -0.2) is 71.3 Å². The molecule has 20 heavy (non-hydrogen) atoms. The van der Waals surface area contributed by atoms with Gasteiger partial charge in [-0.05, 0) is 26.9 Å². The summed E-state index contributed by atoms with van der Waals surface area (Å²) in [6.45, 7) is 8.37. The van der Waals surface area contributed by atoms with Crippen molar-refractivity contribution in [1.29, 1.82) is 0 Å². The zero-order valence-corrected chi connectivity index (χ0v) is 13.1. The summed E-state index contributed by atoms with van der Waals surface area (Å²) in [5.41, 5.74) is 2.06. The molecular weight excluding hydrogens is 252 g/mol. The van der Waals surface area contributed by atoms with E-state index < -0.39 is 0 Å². The van der Waals surface area contributed by atoms with Gasteiger partial charge in [0, 0.05) is 32.2 Å². The van der Waals surface area contributed by atoms with E-state index in [0.29, 0.717) is 12.0 Å². The molecule has 1 unspecified atom stereocenters. The minimum absolute atomic E-state index is 0.494. The van der Waals surface area contributed by atoms with Crippen molar-refractivity contribution in [2.45, 2.75) is 32.7 Å². The second-order valence-electron chi connectivity index (χ2n) is 5.51. The maximum absolute atomic E-state index is 4.57. The third kappa shape index (κ3) is 3.64. The van der Waals surface area contributed by atoms with Crippen LogP contribution >= 0.6 is 0 Å². The Bertz CT molecular complexity index is 436. The molecule has 1 aliphatic heterocycles. The number of aromatic nitrogens is 3. The van der Waals surface area contributed by atoms with Gasteiger partial charge in [0.1, 0.15) is 0 Å². The number of nitrogens with zero attached hydrogens (tertiary/aromatic N) is 5. The highest BCUT2D eigenvalue weighted by atomic mass is 15.3. The zero-order chi connectivity index (χ0) is 14.5. The van der Waals surface area contributed by atoms with Crippen LogP contribution in [0.4, 0.5) is 5.95 Å². The highest BCUT2D eigenvalue weighted by Gasteiger charge is 2.22. The van der Waals surface area contributed by atoms with E-state index in [-0.39, 0.29) is 0 Å². The lowest BCUT2D eigenvalue weighted by atomic mass is 10.2. The second-order valence-corrected chi connectivity index (χ2v) is 5.51. The molecule has 1 saturated heterocycles. The average Bonchev–Trinajstić information content (AvgIpc) is 2.47. The van der Waals surface area contributed by atoms with E-state index in [0.717, 1.165) is 50.4 Å². The largest absolute Gasteiger partial charge is 0.351 e. The van der Waals surface area contributed by atoms with Gasteiger partial charge in [-0.25, -0.2) is 4.98 Å². The molecule has 0 bridgehead atoms. The first kappa shape index (κ1) is 15.1. The quantitative estimate of drug-likeness (QED) is 0.853. The third-order valence-electron chi connectivity index (χ3n) is 3.99. The molecule has 0 spiro atoms. The van der Waals surface area contributed by atoms with Gasteiger partial charge in [-0.3, -0.25) is 4.90 Å². The van der Waals surface area contributed by atoms with Crippen molar-refractivity contribution in [2.75, 3.05) is 45.6 Å². The normalized spacial score (nSPS) is 21.1. The molecule has 1 aliphatic rings. The molecule has 0 aliphatic carbocycles. The molecule has 1 N–H and O–H groups in total. The molecular formula is C14H26N6. The van der Waals surface area contributed by atoms with E-state index in [1.807, 2.05) is 0 Å². The number of nitrogens with one attached hydrogen (secondary N) is 1.